The number of nitrogen functional groups attached to an aromatic ring is 1. The molecule has 2 N–H and O–H groups in total. The van der Waals surface area contributed by atoms with Crippen LogP contribution < -0.4 is 11.3 Å². The van der Waals surface area contributed by atoms with Crippen LogP contribution in [0.4, 0.5) is 5.69 Å². The van der Waals surface area contributed by atoms with Crippen molar-refractivity contribution in [2.24, 2.45) is 0 Å². The molecule has 1 unspecified atom stereocenters. The topological polar surface area (TPSA) is 95.0 Å². The monoisotopic (exact) mass is 290 g/mol. The van der Waals surface area contributed by atoms with Gasteiger partial charge in [-0.1, -0.05) is 6.04 Å². The van der Waals surface area contributed by atoms with Crippen molar-refractivity contribution in [3.8, 4) is 0 Å². The highest BCUT2D eigenvalue weighted by molar-refractivity contribution is 6.03. The molecular formula is C15H15N3O3. The van der Waals surface area contributed by atoms with E-state index in [1.807, 2.05) is 0 Å². The van der Waals surface area contributed by atoms with Gasteiger partial charge in [0.2, 0.25) is 0 Å². The molecule has 1 aromatic carbocycles. The minimum atomic E-state index is -2.44. The van der Waals surface area contributed by atoms with Crippen LogP contribution in [-0.4, -0.2) is 21.1 Å². The van der Waals surface area contributed by atoms with Crippen LogP contribution in [-0.2, 0) is 9.59 Å². The average molecular weight is 290 g/mol. The number of ketones is 2. The Morgan fingerprint density at radius 2 is 2.29 bits per heavy atom. The molecule has 0 spiro atoms. The fraction of sp³-hybridized carbons (Fsp3) is 0.333. The zero-order chi connectivity index (χ0) is 19.6. The van der Waals surface area contributed by atoms with Gasteiger partial charge in [-0.3, -0.25) is 19.0 Å². The Bertz CT molecular complexity index is 1050. The zero-order valence-corrected chi connectivity index (χ0v) is 11.2. The summed E-state index contributed by atoms with van der Waals surface area (Å²) in [4.78, 5) is 41.2. The van der Waals surface area contributed by atoms with E-state index in [1.54, 1.807) is 0 Å². The number of benzene rings is 1. The van der Waals surface area contributed by atoms with Crippen LogP contribution in [0.25, 0.3) is 10.9 Å². The number of rotatable bonds is 1. The predicted octanol–water partition coefficient (Wildman–Crippen LogP) is 1.15. The van der Waals surface area contributed by atoms with Gasteiger partial charge in [-0.25, -0.2) is 4.98 Å². The quantitative estimate of drug-likeness (QED) is 0.628. The molecule has 2 aromatic rings. The number of carbonyl (C=O) groups is 2. The molecule has 0 saturated heterocycles. The van der Waals surface area contributed by atoms with Gasteiger partial charge >= 0.3 is 0 Å². The smallest absolute Gasteiger partial charge is 0.264 e. The molecule has 1 fully saturated rings. The highest BCUT2D eigenvalue weighted by Gasteiger charge is 2.30. The molecular weight excluding hydrogens is 270 g/mol. The maximum absolute atomic E-state index is 13.0. The van der Waals surface area contributed by atoms with Gasteiger partial charge in [-0.15, -0.1) is 0 Å². The first-order valence-corrected chi connectivity index (χ1v) is 6.26. The summed E-state index contributed by atoms with van der Waals surface area (Å²) < 4.78 is 40.2. The second-order valence-corrected chi connectivity index (χ2v) is 4.71. The lowest BCUT2D eigenvalue weighted by Crippen LogP contribution is -2.36. The van der Waals surface area contributed by atoms with Crippen LogP contribution in [0.3, 0.4) is 0 Å². The van der Waals surface area contributed by atoms with Gasteiger partial charge in [0.25, 0.3) is 5.56 Å². The lowest BCUT2D eigenvalue weighted by molar-refractivity contribution is -0.132. The first-order chi connectivity index (χ1) is 11.9. The Morgan fingerprint density at radius 1 is 1.52 bits per heavy atom. The summed E-state index contributed by atoms with van der Waals surface area (Å²) in [6.45, 7) is 1.37. The number of aryl methyl sites for hydroxylation is 1. The van der Waals surface area contributed by atoms with E-state index >= 15 is 0 Å². The Labute approximate surface area is 127 Å². The number of nitrogens with zero attached hydrogens (tertiary/aromatic N) is 2. The van der Waals surface area contributed by atoms with Gasteiger partial charge in [0.1, 0.15) is 11.6 Å². The van der Waals surface area contributed by atoms with Crippen LogP contribution in [0.15, 0.2) is 22.9 Å². The van der Waals surface area contributed by atoms with E-state index in [9.17, 15) is 14.4 Å². The summed E-state index contributed by atoms with van der Waals surface area (Å²) in [6, 6.07) is -1.77. The summed E-state index contributed by atoms with van der Waals surface area (Å²) >= 11 is 0. The van der Waals surface area contributed by atoms with Crippen LogP contribution in [0.2, 0.25) is 0 Å². The molecule has 1 aromatic heterocycles. The van der Waals surface area contributed by atoms with Crippen LogP contribution >= 0.6 is 0 Å². The summed E-state index contributed by atoms with van der Waals surface area (Å²) in [7, 11) is 0. The Morgan fingerprint density at radius 3 is 3.05 bits per heavy atom. The number of hydrogen-bond donors (Lipinski definition) is 1. The minimum Gasteiger partial charge on any atom is -0.398 e. The summed E-state index contributed by atoms with van der Waals surface area (Å²) in [6.07, 6.45) is -4.06. The molecule has 0 radical (unpaired) electrons. The van der Waals surface area contributed by atoms with Crippen LogP contribution in [0, 0.1) is 6.92 Å². The number of nitrogens with two attached hydrogens (primary N) is 1. The first kappa shape index (κ1) is 8.71. The maximum Gasteiger partial charge on any atom is 0.264 e. The number of carbonyl (C=O) groups excluding carboxylic acids is 2. The van der Waals surface area contributed by atoms with Gasteiger partial charge in [0.05, 0.1) is 27.5 Å². The molecule has 108 valence electrons. The van der Waals surface area contributed by atoms with E-state index in [0.29, 0.717) is 0 Å². The van der Waals surface area contributed by atoms with Crippen molar-refractivity contribution in [2.45, 2.75) is 32.2 Å². The fourth-order valence-corrected chi connectivity index (χ4v) is 2.36. The van der Waals surface area contributed by atoms with Gasteiger partial charge < -0.3 is 5.73 Å². The third-order valence-electron chi connectivity index (χ3n) is 3.33. The lowest BCUT2D eigenvalue weighted by atomic mass is 9.92. The van der Waals surface area contributed by atoms with Crippen molar-refractivity contribution in [1.29, 1.82) is 0 Å². The van der Waals surface area contributed by atoms with Crippen molar-refractivity contribution in [2.75, 3.05) is 5.73 Å². The van der Waals surface area contributed by atoms with Gasteiger partial charge in [-0.2, -0.15) is 0 Å². The highest BCUT2D eigenvalue weighted by atomic mass is 16.2. The van der Waals surface area contributed by atoms with Crippen molar-refractivity contribution in [3.05, 3.63) is 34.3 Å². The van der Waals surface area contributed by atoms with Gasteiger partial charge in [0.15, 0.2) is 5.78 Å². The van der Waals surface area contributed by atoms with Crippen LogP contribution in [0.1, 0.15) is 37.9 Å². The normalized spacial score (nSPS) is 28.5. The summed E-state index contributed by atoms with van der Waals surface area (Å²) in [5, 5.41) is -0.214. The van der Waals surface area contributed by atoms with E-state index in [4.69, 9.17) is 12.6 Å². The second-order valence-electron chi connectivity index (χ2n) is 4.71. The molecule has 1 atom stereocenters. The van der Waals surface area contributed by atoms with E-state index < -0.39 is 42.4 Å². The van der Waals surface area contributed by atoms with E-state index in [-0.39, 0.29) is 34.5 Å². The molecule has 0 bridgehead atoms. The maximum atomic E-state index is 13.0. The second kappa shape index (κ2) is 4.80. The molecule has 1 heterocycles. The lowest BCUT2D eigenvalue weighted by Gasteiger charge is -2.24. The number of anilines is 1. The Kier molecular flexibility index (Phi) is 1.99. The Balaban J connectivity index is 2.37. The fourth-order valence-electron chi connectivity index (χ4n) is 2.36. The SMILES string of the molecule is [2H]c1cc2nc(C)n(C3([2H])CC([2H])([2H])C(=O)CC3=O)c(=O)c2c(N)c1[2H]. The Hall–Kier alpha value is -2.50. The molecule has 6 heteroatoms. The molecule has 1 saturated carbocycles. The number of Topliss-reactive ketones (excluding diaryl/α,β-unsaturated/α-hetero) is 2. The van der Waals surface area contributed by atoms with Gasteiger partial charge in [0, 0.05) is 14.8 Å². The van der Waals surface area contributed by atoms with Crippen molar-refractivity contribution < 1.29 is 16.4 Å². The molecule has 0 aliphatic heterocycles. The molecule has 1 aliphatic rings. The number of hydrogen-bond acceptors (Lipinski definition) is 5. The third kappa shape index (κ3) is 2.12. The molecule has 3 rings (SSSR count). The predicted molar refractivity (Wildman–Crippen MR) is 78.1 cm³/mol. The number of fused-ring (bicyclic) bond motifs is 1. The van der Waals surface area contributed by atoms with E-state index in [0.717, 1.165) is 4.57 Å². The minimum absolute atomic E-state index is 0.0486. The molecule has 6 nitrogen and oxygen atoms in total. The first-order valence-electron chi connectivity index (χ1n) is 8.76. The summed E-state index contributed by atoms with van der Waals surface area (Å²) in [5.74, 6) is -1.89. The molecule has 0 amide bonds. The molecule has 21 heavy (non-hydrogen) atoms. The largest absolute Gasteiger partial charge is 0.398 e. The zero-order valence-electron chi connectivity index (χ0n) is 16.2. The van der Waals surface area contributed by atoms with E-state index in [2.05, 4.69) is 4.98 Å². The van der Waals surface area contributed by atoms with Crippen LogP contribution in [0.5, 0.6) is 0 Å². The van der Waals surface area contributed by atoms with Crippen molar-refractivity contribution in [1.82, 2.24) is 9.55 Å². The summed E-state index contributed by atoms with van der Waals surface area (Å²) in [5.41, 5.74) is 4.65. The van der Waals surface area contributed by atoms with Crippen molar-refractivity contribution >= 4 is 28.2 Å². The highest BCUT2D eigenvalue weighted by Crippen LogP contribution is 2.24. The van der Waals surface area contributed by atoms with Crippen molar-refractivity contribution in [3.63, 3.8) is 0 Å². The third-order valence-corrected chi connectivity index (χ3v) is 3.33. The molecule has 1 aliphatic carbocycles. The average Bonchev–Trinajstić information content (AvgIpc) is 2.50. The number of aromatic nitrogens is 2. The van der Waals surface area contributed by atoms with Gasteiger partial charge in [-0.05, 0) is 25.5 Å². The standard InChI is InChI=1S/C15H15N3O3/c1-8-17-11-4-2-3-10(16)14(11)15(21)18(8)12-6-5-9(19)7-13(12)20/h2-4,12H,5-7,16H2,1H3/i2D,3D,5D2,12D. The van der Waals surface area contributed by atoms with E-state index in [1.165, 1.54) is 13.0 Å².